The molecule has 1 heterocycles. The summed E-state index contributed by atoms with van der Waals surface area (Å²) in [6, 6.07) is 6.40. The number of piperidine rings is 1. The van der Waals surface area contributed by atoms with Gasteiger partial charge in [-0.25, -0.2) is 17.1 Å². The van der Waals surface area contributed by atoms with Crippen LogP contribution in [0.1, 0.15) is 51.0 Å². The van der Waals surface area contributed by atoms with Gasteiger partial charge in [0.05, 0.1) is 11.3 Å². The molecule has 3 rings (SSSR count). The van der Waals surface area contributed by atoms with Crippen LogP contribution in [-0.2, 0) is 20.4 Å². The lowest BCUT2D eigenvalue weighted by Gasteiger charge is -2.35. The summed E-state index contributed by atoms with van der Waals surface area (Å²) in [5, 5.41) is 3.24. The number of hydrogen-bond acceptors (Lipinski definition) is 3. The summed E-state index contributed by atoms with van der Waals surface area (Å²) in [6.07, 6.45) is 4.87. The summed E-state index contributed by atoms with van der Waals surface area (Å²) < 4.78 is 38.7. The minimum Gasteiger partial charge on any atom is -0.346 e. The van der Waals surface area contributed by atoms with Crippen LogP contribution in [0.5, 0.6) is 0 Å². The van der Waals surface area contributed by atoms with Crippen molar-refractivity contribution in [1.29, 1.82) is 0 Å². The van der Waals surface area contributed by atoms with Gasteiger partial charge in [0.2, 0.25) is 15.9 Å². The maximum atomic E-state index is 13.3. The Morgan fingerprint density at radius 3 is 2.31 bits per heavy atom. The van der Waals surface area contributed by atoms with Crippen LogP contribution in [0.4, 0.5) is 4.39 Å². The smallest absolute Gasteiger partial charge is 0.223 e. The lowest BCUT2D eigenvalue weighted by atomic mass is 9.86. The zero-order chi connectivity index (χ0) is 18.8. The highest BCUT2D eigenvalue weighted by atomic mass is 32.2. The second kappa shape index (κ2) is 7.64. The Kier molecular flexibility index (Phi) is 5.67. The fourth-order valence-corrected chi connectivity index (χ4v) is 5.28. The van der Waals surface area contributed by atoms with Gasteiger partial charge in [-0.3, -0.25) is 4.79 Å². The number of carbonyl (C=O) groups excluding carboxylic acids is 1. The number of halogens is 1. The minimum atomic E-state index is -3.19. The van der Waals surface area contributed by atoms with E-state index in [0.717, 1.165) is 31.2 Å². The van der Waals surface area contributed by atoms with Crippen molar-refractivity contribution in [3.63, 3.8) is 0 Å². The van der Waals surface area contributed by atoms with Crippen LogP contribution >= 0.6 is 0 Å². The average Bonchev–Trinajstić information content (AvgIpc) is 3.12. The van der Waals surface area contributed by atoms with Gasteiger partial charge >= 0.3 is 0 Å². The van der Waals surface area contributed by atoms with Gasteiger partial charge in [-0.1, -0.05) is 25.0 Å². The van der Waals surface area contributed by atoms with Gasteiger partial charge in [-0.2, -0.15) is 0 Å². The number of benzene rings is 1. The molecule has 1 N–H and O–H groups in total. The van der Waals surface area contributed by atoms with Crippen molar-refractivity contribution in [2.24, 2.45) is 5.92 Å². The van der Waals surface area contributed by atoms with Gasteiger partial charge in [0, 0.05) is 19.0 Å². The van der Waals surface area contributed by atoms with E-state index in [2.05, 4.69) is 5.32 Å². The molecule has 0 atom stereocenters. The number of nitrogens with zero attached hydrogens (tertiary/aromatic N) is 1. The molecule has 2 aliphatic rings. The van der Waals surface area contributed by atoms with E-state index in [1.165, 1.54) is 16.4 Å². The first kappa shape index (κ1) is 19.3. The molecule has 0 aromatic heterocycles. The summed E-state index contributed by atoms with van der Waals surface area (Å²) in [5.41, 5.74) is 0.535. The third-order valence-corrected chi connectivity index (χ3v) is 7.68. The zero-order valence-corrected chi connectivity index (χ0v) is 16.0. The molecule has 0 spiro atoms. The molecule has 1 aliphatic carbocycles. The number of amides is 1. The van der Waals surface area contributed by atoms with E-state index in [0.29, 0.717) is 25.9 Å². The number of hydrogen-bond donors (Lipinski definition) is 1. The molecule has 2 fully saturated rings. The number of nitrogens with one attached hydrogen (secondary N) is 1. The molecule has 1 aromatic rings. The second-order valence-corrected chi connectivity index (χ2v) is 9.62. The first-order chi connectivity index (χ1) is 12.4. The predicted octanol–water partition coefficient (Wildman–Crippen LogP) is 2.77. The molecule has 0 bridgehead atoms. The Morgan fingerprint density at radius 1 is 1.19 bits per heavy atom. The van der Waals surface area contributed by atoms with Crippen molar-refractivity contribution in [3.8, 4) is 0 Å². The van der Waals surface area contributed by atoms with E-state index in [4.69, 9.17) is 0 Å². The van der Waals surface area contributed by atoms with Gasteiger partial charge in [-0.05, 0) is 50.3 Å². The lowest BCUT2D eigenvalue weighted by Crippen LogP contribution is -2.49. The highest BCUT2D eigenvalue weighted by Crippen LogP contribution is 2.39. The molecule has 7 heteroatoms. The summed E-state index contributed by atoms with van der Waals surface area (Å²) in [4.78, 5) is 12.9. The molecular weight excluding hydrogens is 355 g/mol. The van der Waals surface area contributed by atoms with E-state index in [1.54, 1.807) is 19.1 Å². The van der Waals surface area contributed by atoms with Crippen molar-refractivity contribution in [2.75, 3.05) is 18.8 Å². The highest BCUT2D eigenvalue weighted by molar-refractivity contribution is 7.89. The van der Waals surface area contributed by atoms with Crippen LogP contribution < -0.4 is 5.32 Å². The van der Waals surface area contributed by atoms with E-state index in [1.807, 2.05) is 0 Å². The Bertz CT molecular complexity index is 735. The SMILES string of the molecule is CCS(=O)(=O)N1CCC(C(=O)NC2(c3ccc(F)cc3)CCCC2)CC1. The molecule has 1 aromatic carbocycles. The van der Waals surface area contributed by atoms with E-state index in [-0.39, 0.29) is 23.4 Å². The Morgan fingerprint density at radius 2 is 1.77 bits per heavy atom. The third-order valence-electron chi connectivity index (χ3n) is 5.80. The van der Waals surface area contributed by atoms with Crippen LogP contribution in [0.2, 0.25) is 0 Å². The molecule has 0 unspecified atom stereocenters. The topological polar surface area (TPSA) is 66.5 Å². The molecule has 1 saturated heterocycles. The van der Waals surface area contributed by atoms with Crippen molar-refractivity contribution in [2.45, 2.75) is 51.0 Å². The van der Waals surface area contributed by atoms with Crippen LogP contribution in [0.25, 0.3) is 0 Å². The van der Waals surface area contributed by atoms with Crippen molar-refractivity contribution >= 4 is 15.9 Å². The number of rotatable bonds is 5. The summed E-state index contributed by atoms with van der Waals surface area (Å²) >= 11 is 0. The predicted molar refractivity (Wildman–Crippen MR) is 98.4 cm³/mol. The molecule has 1 saturated carbocycles. The van der Waals surface area contributed by atoms with Crippen LogP contribution in [0.3, 0.4) is 0 Å². The van der Waals surface area contributed by atoms with Gasteiger partial charge in [0.1, 0.15) is 5.82 Å². The average molecular weight is 383 g/mol. The Balaban J connectivity index is 1.67. The van der Waals surface area contributed by atoms with E-state index >= 15 is 0 Å². The molecule has 0 radical (unpaired) electrons. The zero-order valence-electron chi connectivity index (χ0n) is 15.2. The maximum absolute atomic E-state index is 13.3. The quantitative estimate of drug-likeness (QED) is 0.852. The summed E-state index contributed by atoms with van der Waals surface area (Å²) in [7, 11) is -3.19. The van der Waals surface area contributed by atoms with Crippen molar-refractivity contribution < 1.29 is 17.6 Å². The van der Waals surface area contributed by atoms with Gasteiger partial charge in [-0.15, -0.1) is 0 Å². The Labute approximate surface area is 155 Å². The maximum Gasteiger partial charge on any atom is 0.223 e. The largest absolute Gasteiger partial charge is 0.346 e. The van der Waals surface area contributed by atoms with Crippen LogP contribution in [0.15, 0.2) is 24.3 Å². The second-order valence-electron chi connectivity index (χ2n) is 7.36. The van der Waals surface area contributed by atoms with Crippen LogP contribution in [0, 0.1) is 11.7 Å². The third kappa shape index (κ3) is 3.93. The highest BCUT2D eigenvalue weighted by Gasteiger charge is 2.39. The fourth-order valence-electron chi connectivity index (χ4n) is 4.15. The monoisotopic (exact) mass is 382 g/mol. The van der Waals surface area contributed by atoms with Gasteiger partial charge in [0.15, 0.2) is 0 Å². The lowest BCUT2D eigenvalue weighted by molar-refractivity contribution is -0.128. The van der Waals surface area contributed by atoms with E-state index in [9.17, 15) is 17.6 Å². The normalized spacial score (nSPS) is 21.6. The summed E-state index contributed by atoms with van der Waals surface area (Å²) in [5.74, 6) is -0.365. The fraction of sp³-hybridized carbons (Fsp3) is 0.632. The van der Waals surface area contributed by atoms with Crippen molar-refractivity contribution in [1.82, 2.24) is 9.62 Å². The standard InChI is InChI=1S/C19H27FN2O3S/c1-2-26(24,25)22-13-9-15(10-14-22)18(23)21-19(11-3-4-12-19)16-5-7-17(20)8-6-16/h5-8,15H,2-4,9-14H2,1H3,(H,21,23). The minimum absolute atomic E-state index is 0.00947. The molecular formula is C19H27FN2O3S. The molecule has 1 amide bonds. The van der Waals surface area contributed by atoms with Crippen molar-refractivity contribution in [3.05, 3.63) is 35.6 Å². The van der Waals surface area contributed by atoms with Gasteiger partial charge < -0.3 is 5.32 Å². The first-order valence-electron chi connectivity index (χ1n) is 9.42. The van der Waals surface area contributed by atoms with Crippen LogP contribution in [-0.4, -0.2) is 37.5 Å². The van der Waals surface area contributed by atoms with E-state index < -0.39 is 15.6 Å². The Hall–Kier alpha value is -1.47. The number of carbonyl (C=O) groups is 1. The molecule has 144 valence electrons. The van der Waals surface area contributed by atoms with Gasteiger partial charge in [0.25, 0.3) is 0 Å². The first-order valence-corrected chi connectivity index (χ1v) is 11.0. The molecule has 5 nitrogen and oxygen atoms in total. The summed E-state index contributed by atoms with van der Waals surface area (Å²) in [6.45, 7) is 2.44. The molecule has 1 aliphatic heterocycles. The number of sulfonamides is 1. The molecule has 26 heavy (non-hydrogen) atoms.